The minimum absolute atomic E-state index is 0.351. The number of aromatic nitrogens is 2. The van der Waals surface area contributed by atoms with E-state index in [1.54, 1.807) is 0 Å². The van der Waals surface area contributed by atoms with Crippen molar-refractivity contribution in [3.63, 3.8) is 0 Å². The summed E-state index contributed by atoms with van der Waals surface area (Å²) in [5.74, 6) is 0.351. The van der Waals surface area contributed by atoms with Gasteiger partial charge in [0.1, 0.15) is 0 Å². The van der Waals surface area contributed by atoms with Crippen LogP contribution >= 0.6 is 0 Å². The molecule has 1 aromatic heterocycles. The minimum atomic E-state index is -4.39. The van der Waals surface area contributed by atoms with Crippen molar-refractivity contribution in [3.05, 3.63) is 30.2 Å². The zero-order valence-electron chi connectivity index (χ0n) is 12.0. The first kappa shape index (κ1) is 15.6. The fourth-order valence-corrected chi connectivity index (χ4v) is 2.30. The molecule has 116 valence electrons. The Balaban J connectivity index is 1.95. The van der Waals surface area contributed by atoms with Gasteiger partial charge in [0.25, 0.3) is 0 Å². The molecular weight excluding hydrogens is 281 g/mol. The third-order valence-electron chi connectivity index (χ3n) is 3.51. The van der Waals surface area contributed by atoms with Crippen LogP contribution in [0, 0.1) is 0 Å². The normalized spacial score (nSPS) is 16.2. The molecule has 0 aliphatic carbocycles. The molecule has 0 atom stereocenters. The van der Waals surface area contributed by atoms with Crippen molar-refractivity contribution < 1.29 is 13.2 Å². The van der Waals surface area contributed by atoms with E-state index in [1.807, 2.05) is 4.90 Å². The molecule has 4 nitrogen and oxygen atoms in total. The number of hydrogen-bond acceptors (Lipinski definition) is 4. The predicted molar refractivity (Wildman–Crippen MR) is 74.9 cm³/mol. The van der Waals surface area contributed by atoms with Gasteiger partial charge in [-0.1, -0.05) is 19.9 Å². The number of rotatable bonds is 4. The van der Waals surface area contributed by atoms with E-state index < -0.39 is 11.7 Å². The average molecular weight is 300 g/mol. The van der Waals surface area contributed by atoms with Gasteiger partial charge in [-0.15, -0.1) is 0 Å². The Morgan fingerprint density at radius 3 is 2.24 bits per heavy atom. The highest BCUT2D eigenvalue weighted by Crippen LogP contribution is 2.28. The zero-order valence-corrected chi connectivity index (χ0v) is 12.0. The lowest BCUT2D eigenvalue weighted by molar-refractivity contribution is -0.138. The van der Waals surface area contributed by atoms with Crippen molar-refractivity contribution in [2.24, 2.45) is 0 Å². The second kappa shape index (κ2) is 6.32. The molecule has 0 amide bonds. The second-order valence-corrected chi connectivity index (χ2v) is 5.06. The van der Waals surface area contributed by atoms with Crippen LogP contribution in [0.5, 0.6) is 0 Å². The molecule has 0 radical (unpaired) electrons. The summed E-state index contributed by atoms with van der Waals surface area (Å²) in [4.78, 5) is 11.8. The lowest BCUT2D eigenvalue weighted by atomic mass is 10.2. The van der Waals surface area contributed by atoms with Crippen molar-refractivity contribution in [2.45, 2.75) is 25.9 Å². The Kier molecular flexibility index (Phi) is 4.69. The molecule has 0 spiro atoms. The molecule has 1 aliphatic heterocycles. The monoisotopic (exact) mass is 300 g/mol. The van der Waals surface area contributed by atoms with E-state index in [0.29, 0.717) is 19.0 Å². The van der Waals surface area contributed by atoms with Crippen LogP contribution in [-0.4, -0.2) is 41.0 Å². The van der Waals surface area contributed by atoms with Crippen molar-refractivity contribution in [3.8, 4) is 0 Å². The quantitative estimate of drug-likeness (QED) is 0.856. The van der Waals surface area contributed by atoms with E-state index in [-0.39, 0.29) is 0 Å². The van der Waals surface area contributed by atoms with Crippen LogP contribution in [0.25, 0.3) is 0 Å². The molecule has 0 N–H and O–H groups in total. The Morgan fingerprint density at radius 1 is 1.19 bits per heavy atom. The summed E-state index contributed by atoms with van der Waals surface area (Å²) >= 11 is 0. The Morgan fingerprint density at radius 2 is 1.76 bits per heavy atom. The predicted octanol–water partition coefficient (Wildman–Crippen LogP) is 2.93. The fraction of sp³-hybridized carbons (Fsp3) is 0.571. The van der Waals surface area contributed by atoms with Gasteiger partial charge in [-0.2, -0.15) is 13.2 Å². The smallest absolute Gasteiger partial charge is 0.372 e. The molecule has 2 heterocycles. The molecule has 0 saturated carbocycles. The molecular formula is C14H19F3N4. The average Bonchev–Trinajstić information content (AvgIpc) is 2.47. The van der Waals surface area contributed by atoms with Gasteiger partial charge in [-0.05, 0) is 6.42 Å². The molecule has 1 saturated heterocycles. The highest BCUT2D eigenvalue weighted by atomic mass is 19.4. The maximum Gasteiger partial charge on any atom is 0.419 e. The van der Waals surface area contributed by atoms with Crippen molar-refractivity contribution in [2.75, 3.05) is 31.1 Å². The number of anilines is 1. The summed E-state index contributed by atoms with van der Waals surface area (Å²) < 4.78 is 37.4. The summed E-state index contributed by atoms with van der Waals surface area (Å²) in [5.41, 5.74) is 0.298. The van der Waals surface area contributed by atoms with Gasteiger partial charge in [0, 0.05) is 44.3 Å². The third-order valence-corrected chi connectivity index (χ3v) is 3.51. The standard InChI is InChI=1S/C14H19F3N4/c1-3-4-11(2)20-5-7-21(8-6-20)13-18-9-12(10-19-13)14(15,16)17/h9-10H,2-8H2,1H3. The van der Waals surface area contributed by atoms with E-state index >= 15 is 0 Å². The number of piperazine rings is 1. The molecule has 0 bridgehead atoms. The van der Waals surface area contributed by atoms with E-state index in [0.717, 1.165) is 44.0 Å². The van der Waals surface area contributed by atoms with Crippen LogP contribution in [0.3, 0.4) is 0 Å². The number of alkyl halides is 3. The molecule has 2 rings (SSSR count). The molecule has 0 aromatic carbocycles. The maximum atomic E-state index is 12.5. The largest absolute Gasteiger partial charge is 0.419 e. The number of allylic oxidation sites excluding steroid dienone is 1. The SMILES string of the molecule is C=C(CCC)N1CCN(c2ncc(C(F)(F)F)cn2)CC1. The van der Waals surface area contributed by atoms with Gasteiger partial charge in [0.15, 0.2) is 0 Å². The van der Waals surface area contributed by atoms with Gasteiger partial charge >= 0.3 is 6.18 Å². The van der Waals surface area contributed by atoms with E-state index in [2.05, 4.69) is 28.4 Å². The lowest BCUT2D eigenvalue weighted by Crippen LogP contribution is -2.46. The van der Waals surface area contributed by atoms with Gasteiger partial charge in [0.2, 0.25) is 5.95 Å². The highest BCUT2D eigenvalue weighted by molar-refractivity contribution is 5.31. The van der Waals surface area contributed by atoms with Crippen LogP contribution in [0.2, 0.25) is 0 Å². The molecule has 1 fully saturated rings. The van der Waals surface area contributed by atoms with Gasteiger partial charge in [-0.25, -0.2) is 9.97 Å². The Hall–Kier alpha value is -1.79. The summed E-state index contributed by atoms with van der Waals surface area (Å²) in [6.07, 6.45) is -0.692. The van der Waals surface area contributed by atoms with E-state index in [4.69, 9.17) is 0 Å². The van der Waals surface area contributed by atoms with Crippen LogP contribution in [-0.2, 0) is 6.18 Å². The second-order valence-electron chi connectivity index (χ2n) is 5.06. The highest BCUT2D eigenvalue weighted by Gasteiger charge is 2.31. The first-order valence-electron chi connectivity index (χ1n) is 6.98. The third kappa shape index (κ3) is 3.86. The van der Waals surface area contributed by atoms with E-state index in [1.165, 1.54) is 0 Å². The molecule has 1 aliphatic rings. The van der Waals surface area contributed by atoms with Crippen molar-refractivity contribution >= 4 is 5.95 Å². The van der Waals surface area contributed by atoms with Gasteiger partial charge < -0.3 is 9.80 Å². The number of halogens is 3. The summed E-state index contributed by atoms with van der Waals surface area (Å²) in [6.45, 7) is 9.13. The van der Waals surface area contributed by atoms with Crippen molar-refractivity contribution in [1.29, 1.82) is 0 Å². The Bertz CT molecular complexity index is 476. The lowest BCUT2D eigenvalue weighted by Gasteiger charge is -2.37. The zero-order chi connectivity index (χ0) is 15.5. The van der Waals surface area contributed by atoms with E-state index in [9.17, 15) is 13.2 Å². The first-order valence-corrected chi connectivity index (χ1v) is 6.98. The minimum Gasteiger partial charge on any atom is -0.372 e. The van der Waals surface area contributed by atoms with Gasteiger partial charge in [0.05, 0.1) is 5.56 Å². The maximum absolute atomic E-state index is 12.5. The van der Waals surface area contributed by atoms with Crippen molar-refractivity contribution in [1.82, 2.24) is 14.9 Å². The topological polar surface area (TPSA) is 32.3 Å². The molecule has 0 unspecified atom stereocenters. The summed E-state index contributed by atoms with van der Waals surface area (Å²) in [5, 5.41) is 0. The Labute approximate surface area is 122 Å². The molecule has 21 heavy (non-hydrogen) atoms. The van der Waals surface area contributed by atoms with Gasteiger partial charge in [-0.3, -0.25) is 0 Å². The first-order chi connectivity index (χ1) is 9.91. The summed E-state index contributed by atoms with van der Waals surface area (Å²) in [7, 11) is 0. The molecule has 1 aromatic rings. The van der Waals surface area contributed by atoms with Crippen LogP contribution in [0.4, 0.5) is 19.1 Å². The summed E-state index contributed by atoms with van der Waals surface area (Å²) in [6, 6.07) is 0. The number of hydrogen-bond donors (Lipinski definition) is 0. The molecule has 7 heteroatoms. The van der Waals surface area contributed by atoms with Crippen LogP contribution < -0.4 is 4.90 Å². The van der Waals surface area contributed by atoms with Crippen LogP contribution in [0.1, 0.15) is 25.3 Å². The van der Waals surface area contributed by atoms with Crippen LogP contribution in [0.15, 0.2) is 24.7 Å². The number of nitrogens with zero attached hydrogens (tertiary/aromatic N) is 4. The fourth-order valence-electron chi connectivity index (χ4n) is 2.30.